The molecule has 0 aliphatic carbocycles. The highest BCUT2D eigenvalue weighted by atomic mass is 32.2. The zero-order chi connectivity index (χ0) is 18.2. The molecule has 0 bridgehead atoms. The van der Waals surface area contributed by atoms with Gasteiger partial charge >= 0.3 is 12.0 Å². The van der Waals surface area contributed by atoms with Gasteiger partial charge in [0.15, 0.2) is 0 Å². The van der Waals surface area contributed by atoms with Crippen molar-refractivity contribution in [2.75, 3.05) is 12.3 Å². The molecule has 9 nitrogen and oxygen atoms in total. The van der Waals surface area contributed by atoms with Crippen molar-refractivity contribution in [3.05, 3.63) is 11.3 Å². The first kappa shape index (κ1) is 18.4. The van der Waals surface area contributed by atoms with E-state index >= 15 is 0 Å². The average molecular weight is 359 g/mol. The number of carbonyl (C=O) groups excluding carboxylic acids is 2. The number of primary amides is 1. The van der Waals surface area contributed by atoms with E-state index in [1.165, 1.54) is 11.8 Å². The first-order valence-electron chi connectivity index (χ1n) is 7.52. The van der Waals surface area contributed by atoms with Gasteiger partial charge in [0.25, 0.3) is 0 Å². The number of aliphatic hydroxyl groups excluding tert-OH is 1. The second kappa shape index (κ2) is 6.89. The smallest absolute Gasteiger partial charge is 0.352 e. The van der Waals surface area contributed by atoms with Crippen LogP contribution >= 0.6 is 0 Å². The number of hydrogen-bond acceptors (Lipinski definition) is 5. The Bertz CT molecular complexity index is 632. The van der Waals surface area contributed by atoms with Crippen LogP contribution in [0.25, 0.3) is 0 Å². The molecule has 2 heterocycles. The molecule has 0 radical (unpaired) electrons. The molecule has 2 aliphatic heterocycles. The van der Waals surface area contributed by atoms with Crippen LogP contribution in [0.2, 0.25) is 0 Å². The Labute approximate surface area is 141 Å². The minimum Gasteiger partial charge on any atom is -0.477 e. The van der Waals surface area contributed by atoms with Gasteiger partial charge in [0.1, 0.15) is 5.70 Å². The molecule has 0 aromatic carbocycles. The predicted molar refractivity (Wildman–Crippen MR) is 85.1 cm³/mol. The Morgan fingerprint density at radius 1 is 1.46 bits per heavy atom. The molecule has 0 spiro atoms. The zero-order valence-electron chi connectivity index (χ0n) is 13.4. The van der Waals surface area contributed by atoms with E-state index in [1.807, 2.05) is 0 Å². The summed E-state index contributed by atoms with van der Waals surface area (Å²) in [6.07, 6.45) is -0.581. The molecule has 1 fully saturated rings. The lowest BCUT2D eigenvalue weighted by molar-refractivity contribution is -0.161. The molecular weight excluding hydrogens is 338 g/mol. The van der Waals surface area contributed by atoms with Gasteiger partial charge in [0, 0.05) is 28.3 Å². The van der Waals surface area contributed by atoms with E-state index in [0.717, 1.165) is 0 Å². The van der Waals surface area contributed by atoms with Gasteiger partial charge in [0.2, 0.25) is 5.91 Å². The minimum absolute atomic E-state index is 0.00392. The number of nitrogens with zero attached hydrogens (tertiary/aromatic N) is 1. The number of aliphatic carboxylic acids is 1. The average Bonchev–Trinajstić information content (AvgIpc) is 2.78. The van der Waals surface area contributed by atoms with Crippen LogP contribution in [0.4, 0.5) is 4.79 Å². The Morgan fingerprint density at radius 2 is 2.08 bits per heavy atom. The van der Waals surface area contributed by atoms with Crippen LogP contribution in [-0.2, 0) is 20.4 Å². The monoisotopic (exact) mass is 359 g/mol. The summed E-state index contributed by atoms with van der Waals surface area (Å²) < 4.78 is 12.3. The summed E-state index contributed by atoms with van der Waals surface area (Å²) in [5.74, 6) is -2.29. The van der Waals surface area contributed by atoms with E-state index in [0.29, 0.717) is 5.57 Å². The molecule has 2 aliphatic rings. The third kappa shape index (κ3) is 3.29. The molecule has 5 atom stereocenters. The maximum absolute atomic E-state index is 12.3. The van der Waals surface area contributed by atoms with E-state index in [1.54, 1.807) is 6.92 Å². The summed E-state index contributed by atoms with van der Waals surface area (Å²) in [5, 5.41) is 21.0. The lowest BCUT2D eigenvalue weighted by atomic mass is 9.83. The van der Waals surface area contributed by atoms with Gasteiger partial charge in [0.05, 0.1) is 18.1 Å². The lowest BCUT2D eigenvalue weighted by Crippen LogP contribution is -2.61. The number of nitrogens with two attached hydrogens (primary N) is 1. The van der Waals surface area contributed by atoms with E-state index < -0.39 is 52.0 Å². The van der Waals surface area contributed by atoms with E-state index in [9.17, 15) is 28.8 Å². The number of rotatable bonds is 7. The Hall–Kier alpha value is -1.94. The van der Waals surface area contributed by atoms with Gasteiger partial charge in [-0.25, -0.2) is 9.59 Å². The summed E-state index contributed by atoms with van der Waals surface area (Å²) in [6.45, 7) is 3.26. The number of hydrogen-bond donors (Lipinski definition) is 4. The normalized spacial score (nSPS) is 26.5. The minimum atomic E-state index is -1.44. The maximum Gasteiger partial charge on any atom is 0.352 e. The Kier molecular flexibility index (Phi) is 5.29. The molecule has 3 amide bonds. The highest BCUT2D eigenvalue weighted by Gasteiger charge is 2.56. The number of carbonyl (C=O) groups is 3. The van der Waals surface area contributed by atoms with Crippen molar-refractivity contribution < 1.29 is 28.8 Å². The maximum atomic E-state index is 12.3. The van der Waals surface area contributed by atoms with Crippen LogP contribution in [0, 0.1) is 5.92 Å². The first-order chi connectivity index (χ1) is 11.1. The van der Waals surface area contributed by atoms with E-state index in [2.05, 4.69) is 5.32 Å². The van der Waals surface area contributed by atoms with Gasteiger partial charge in [-0.3, -0.25) is 9.00 Å². The van der Waals surface area contributed by atoms with Crippen LogP contribution in [0.3, 0.4) is 0 Å². The molecule has 5 N–H and O–H groups in total. The number of carboxylic acid groups (broad SMARTS) is 1. The van der Waals surface area contributed by atoms with Gasteiger partial charge in [-0.15, -0.1) is 0 Å². The Balaban J connectivity index is 2.12. The van der Waals surface area contributed by atoms with Crippen molar-refractivity contribution in [1.29, 1.82) is 0 Å². The molecule has 2 rings (SSSR count). The van der Waals surface area contributed by atoms with Crippen LogP contribution < -0.4 is 11.1 Å². The molecule has 134 valence electrons. The number of urea groups is 1. The van der Waals surface area contributed by atoms with Gasteiger partial charge in [-0.1, -0.05) is 0 Å². The summed E-state index contributed by atoms with van der Waals surface area (Å²) in [5.41, 5.74) is 5.26. The summed E-state index contributed by atoms with van der Waals surface area (Å²) in [6, 6.07) is -1.12. The zero-order valence-corrected chi connectivity index (χ0v) is 14.2. The molecule has 0 saturated carbocycles. The molecule has 1 saturated heterocycles. The summed E-state index contributed by atoms with van der Waals surface area (Å²) in [4.78, 5) is 35.5. The van der Waals surface area contributed by atoms with Gasteiger partial charge < -0.3 is 26.2 Å². The largest absolute Gasteiger partial charge is 0.477 e. The van der Waals surface area contributed by atoms with Crippen molar-refractivity contribution >= 4 is 28.7 Å². The Morgan fingerprint density at radius 3 is 2.58 bits per heavy atom. The van der Waals surface area contributed by atoms with Crippen molar-refractivity contribution in [2.45, 2.75) is 37.7 Å². The number of β-lactam (4-membered cyclic amide) rings is 1. The predicted octanol–water partition coefficient (Wildman–Crippen LogP) is -1.26. The van der Waals surface area contributed by atoms with Gasteiger partial charge in [-0.2, -0.15) is 0 Å². The molecular formula is C14H21N3O6S. The van der Waals surface area contributed by atoms with E-state index in [-0.39, 0.29) is 24.4 Å². The fourth-order valence-corrected chi connectivity index (χ4v) is 4.29. The van der Waals surface area contributed by atoms with Crippen molar-refractivity contribution in [3.63, 3.8) is 0 Å². The number of aliphatic hydroxyl groups is 1. The summed E-state index contributed by atoms with van der Waals surface area (Å²) >= 11 is 0. The van der Waals surface area contributed by atoms with Crippen LogP contribution in [0.1, 0.15) is 20.3 Å². The third-order valence-corrected chi connectivity index (χ3v) is 6.05. The topological polar surface area (TPSA) is 150 Å². The molecule has 0 aromatic rings. The van der Waals surface area contributed by atoms with Crippen LogP contribution in [0.15, 0.2) is 11.3 Å². The lowest BCUT2D eigenvalue weighted by Gasteiger charge is -2.44. The molecule has 10 heteroatoms. The second-order valence-corrected chi connectivity index (χ2v) is 7.94. The van der Waals surface area contributed by atoms with Crippen molar-refractivity contribution in [3.8, 4) is 0 Å². The fourth-order valence-electron chi connectivity index (χ4n) is 3.14. The molecule has 24 heavy (non-hydrogen) atoms. The van der Waals surface area contributed by atoms with Crippen molar-refractivity contribution in [2.24, 2.45) is 11.7 Å². The standard InChI is InChI=1S/C14H21N3O6S/c1-6(4-16-14(15)22)24(23)5-8-3-9-10(7(2)18)12(19)17(9)11(8)13(20)21/h6-7,9-10,18H,3-5H2,1-2H3,(H,20,21)(H3,15,16,22). The highest BCUT2D eigenvalue weighted by Crippen LogP contribution is 2.43. The number of nitrogens with one attached hydrogen (secondary N) is 1. The fraction of sp³-hybridized carbons (Fsp3) is 0.643. The second-order valence-electron chi connectivity index (χ2n) is 6.08. The van der Waals surface area contributed by atoms with Crippen LogP contribution in [0.5, 0.6) is 0 Å². The number of fused-ring (bicyclic) bond motifs is 1. The molecule has 5 unspecified atom stereocenters. The SMILES string of the molecule is CC(O)C1C(=O)N2C(C(=O)O)=C(CS(=O)C(C)CNC(N)=O)CC12. The summed E-state index contributed by atoms with van der Waals surface area (Å²) in [7, 11) is -1.44. The van der Waals surface area contributed by atoms with Crippen molar-refractivity contribution in [1.82, 2.24) is 10.2 Å². The van der Waals surface area contributed by atoms with Gasteiger partial charge in [-0.05, 0) is 25.8 Å². The number of carboxylic acids is 1. The van der Waals surface area contributed by atoms with E-state index in [4.69, 9.17) is 5.73 Å². The van der Waals surface area contributed by atoms with Crippen LogP contribution in [-0.4, -0.2) is 66.9 Å². The first-order valence-corrected chi connectivity index (χ1v) is 8.90. The third-order valence-electron chi connectivity index (χ3n) is 4.35. The quantitative estimate of drug-likeness (QED) is 0.417. The molecule has 0 aromatic heterocycles. The number of amides is 3. The highest BCUT2D eigenvalue weighted by molar-refractivity contribution is 7.85.